The van der Waals surface area contributed by atoms with Gasteiger partial charge in [-0.25, -0.2) is 0 Å². The fourth-order valence-corrected chi connectivity index (χ4v) is 2.52. The van der Waals surface area contributed by atoms with E-state index in [0.717, 1.165) is 21.2 Å². The van der Waals surface area contributed by atoms with Crippen LogP contribution in [0.15, 0.2) is 39.7 Å². The number of anilines is 1. The molecule has 0 bridgehead atoms. The first kappa shape index (κ1) is 11.3. The fourth-order valence-electron chi connectivity index (χ4n) is 2.09. The molecular formula is C13H12BrN3O. The number of rotatable bonds is 1. The molecule has 5 heteroatoms. The molecule has 18 heavy (non-hydrogen) atoms. The van der Waals surface area contributed by atoms with Crippen molar-refractivity contribution in [2.45, 2.75) is 0 Å². The third-order valence-corrected chi connectivity index (χ3v) is 3.46. The standard InChI is InChI=1S/C13H12BrN3O/c1-16(2)9-3-4-10-11(6-9)17-7-8(14)5-12(17)13(18)15-10/h3-7H,1-2H3,(H,15,18). The SMILES string of the molecule is CN(C)c1ccc2[nH]c(=O)c3cc(Br)cn3c2c1. The summed E-state index contributed by atoms with van der Waals surface area (Å²) < 4.78 is 2.81. The van der Waals surface area contributed by atoms with Gasteiger partial charge >= 0.3 is 0 Å². The first-order chi connectivity index (χ1) is 8.56. The van der Waals surface area contributed by atoms with Gasteiger partial charge in [0.15, 0.2) is 0 Å². The molecule has 0 unspecified atom stereocenters. The summed E-state index contributed by atoms with van der Waals surface area (Å²) in [5, 5.41) is 0. The summed E-state index contributed by atoms with van der Waals surface area (Å²) in [5.41, 5.74) is 3.49. The molecule has 2 heterocycles. The average Bonchev–Trinajstić information content (AvgIpc) is 2.71. The van der Waals surface area contributed by atoms with Crippen molar-refractivity contribution in [3.05, 3.63) is 45.3 Å². The van der Waals surface area contributed by atoms with Gasteiger partial charge in [-0.2, -0.15) is 0 Å². The number of fused-ring (bicyclic) bond motifs is 3. The smallest absolute Gasteiger partial charge is 0.272 e. The average molecular weight is 306 g/mol. The minimum atomic E-state index is -0.0780. The van der Waals surface area contributed by atoms with Gasteiger partial charge in [0.2, 0.25) is 0 Å². The normalized spacial score (nSPS) is 11.3. The summed E-state index contributed by atoms with van der Waals surface area (Å²) in [6.07, 6.45) is 1.91. The van der Waals surface area contributed by atoms with E-state index >= 15 is 0 Å². The molecule has 0 spiro atoms. The van der Waals surface area contributed by atoms with Crippen LogP contribution < -0.4 is 10.5 Å². The van der Waals surface area contributed by atoms with Crippen LogP contribution in [0.5, 0.6) is 0 Å². The topological polar surface area (TPSA) is 40.5 Å². The number of nitrogens with one attached hydrogen (secondary N) is 1. The van der Waals surface area contributed by atoms with E-state index in [1.807, 2.05) is 47.8 Å². The molecule has 1 aromatic carbocycles. The van der Waals surface area contributed by atoms with Crippen molar-refractivity contribution >= 4 is 38.2 Å². The summed E-state index contributed by atoms with van der Waals surface area (Å²) in [5.74, 6) is 0. The molecule has 0 aliphatic carbocycles. The van der Waals surface area contributed by atoms with Crippen molar-refractivity contribution in [3.63, 3.8) is 0 Å². The van der Waals surface area contributed by atoms with Crippen LogP contribution in [-0.4, -0.2) is 23.5 Å². The van der Waals surface area contributed by atoms with Crippen LogP contribution in [0, 0.1) is 0 Å². The van der Waals surface area contributed by atoms with Crippen LogP contribution in [0.1, 0.15) is 0 Å². The van der Waals surface area contributed by atoms with Gasteiger partial charge in [0.25, 0.3) is 5.56 Å². The van der Waals surface area contributed by atoms with Gasteiger partial charge in [-0.3, -0.25) is 4.79 Å². The van der Waals surface area contributed by atoms with Crippen molar-refractivity contribution in [1.82, 2.24) is 9.38 Å². The first-order valence-electron chi connectivity index (χ1n) is 5.57. The van der Waals surface area contributed by atoms with Gasteiger partial charge in [-0.15, -0.1) is 0 Å². The van der Waals surface area contributed by atoms with Gasteiger partial charge in [-0.1, -0.05) is 0 Å². The van der Waals surface area contributed by atoms with Gasteiger partial charge in [-0.05, 0) is 40.2 Å². The van der Waals surface area contributed by atoms with E-state index in [4.69, 9.17) is 0 Å². The van der Waals surface area contributed by atoms with Crippen molar-refractivity contribution in [3.8, 4) is 0 Å². The van der Waals surface area contributed by atoms with Gasteiger partial charge in [0, 0.05) is 30.5 Å². The second kappa shape index (κ2) is 3.88. The zero-order chi connectivity index (χ0) is 12.9. The van der Waals surface area contributed by atoms with Crippen molar-refractivity contribution in [2.24, 2.45) is 0 Å². The summed E-state index contributed by atoms with van der Waals surface area (Å²) in [4.78, 5) is 16.9. The number of halogens is 1. The number of nitrogens with zero attached hydrogens (tertiary/aromatic N) is 2. The molecule has 92 valence electrons. The number of hydrogen-bond donors (Lipinski definition) is 1. The Bertz CT molecular complexity index is 801. The van der Waals surface area contributed by atoms with Crippen LogP contribution >= 0.6 is 15.9 Å². The second-order valence-electron chi connectivity index (χ2n) is 4.46. The predicted octanol–water partition coefficient (Wildman–Crippen LogP) is 2.61. The summed E-state index contributed by atoms with van der Waals surface area (Å²) in [7, 11) is 3.99. The molecule has 0 aliphatic rings. The number of aromatic amines is 1. The lowest BCUT2D eigenvalue weighted by molar-refractivity contribution is 1.12. The zero-order valence-electron chi connectivity index (χ0n) is 10.1. The monoisotopic (exact) mass is 305 g/mol. The Kier molecular flexibility index (Phi) is 2.45. The summed E-state index contributed by atoms with van der Waals surface area (Å²) >= 11 is 3.41. The summed E-state index contributed by atoms with van der Waals surface area (Å²) in [6, 6.07) is 7.80. The quantitative estimate of drug-likeness (QED) is 0.751. The number of benzene rings is 1. The minimum absolute atomic E-state index is 0.0780. The molecule has 3 aromatic rings. The molecule has 0 atom stereocenters. The van der Waals surface area contributed by atoms with E-state index in [1.165, 1.54) is 0 Å². The predicted molar refractivity (Wildman–Crippen MR) is 77.6 cm³/mol. The van der Waals surface area contributed by atoms with Gasteiger partial charge in [0.1, 0.15) is 5.52 Å². The Hall–Kier alpha value is -1.75. The molecule has 2 aromatic heterocycles. The molecule has 1 N–H and O–H groups in total. The molecule has 0 saturated carbocycles. The maximum absolute atomic E-state index is 11.9. The third-order valence-electron chi connectivity index (χ3n) is 3.02. The van der Waals surface area contributed by atoms with Crippen LogP contribution in [0.25, 0.3) is 16.6 Å². The molecule has 0 saturated heterocycles. The molecule has 0 amide bonds. The molecule has 3 rings (SSSR count). The summed E-state index contributed by atoms with van der Waals surface area (Å²) in [6.45, 7) is 0. The van der Waals surface area contributed by atoms with E-state index in [-0.39, 0.29) is 5.56 Å². The lowest BCUT2D eigenvalue weighted by Gasteiger charge is -2.13. The molecule has 0 fully saturated rings. The van der Waals surface area contributed by atoms with Crippen LogP contribution in [0.3, 0.4) is 0 Å². The Morgan fingerprint density at radius 2 is 2.00 bits per heavy atom. The second-order valence-corrected chi connectivity index (χ2v) is 5.38. The maximum Gasteiger partial charge on any atom is 0.272 e. The first-order valence-corrected chi connectivity index (χ1v) is 6.36. The van der Waals surface area contributed by atoms with E-state index < -0.39 is 0 Å². The number of aromatic nitrogens is 2. The molecule has 0 radical (unpaired) electrons. The van der Waals surface area contributed by atoms with Crippen molar-refractivity contribution in [1.29, 1.82) is 0 Å². The molecule has 4 nitrogen and oxygen atoms in total. The van der Waals surface area contributed by atoms with E-state index in [9.17, 15) is 4.79 Å². The Balaban J connectivity index is 2.49. The Labute approximate surface area is 112 Å². The zero-order valence-corrected chi connectivity index (χ0v) is 11.7. The largest absolute Gasteiger partial charge is 0.378 e. The highest BCUT2D eigenvalue weighted by Crippen LogP contribution is 2.22. The highest BCUT2D eigenvalue weighted by Gasteiger charge is 2.07. The third kappa shape index (κ3) is 1.62. The van der Waals surface area contributed by atoms with Crippen LogP contribution in [-0.2, 0) is 0 Å². The van der Waals surface area contributed by atoms with E-state index in [2.05, 4.69) is 27.0 Å². The van der Waals surface area contributed by atoms with E-state index in [0.29, 0.717) is 5.52 Å². The molecule has 0 aliphatic heterocycles. The minimum Gasteiger partial charge on any atom is -0.378 e. The highest BCUT2D eigenvalue weighted by molar-refractivity contribution is 9.10. The van der Waals surface area contributed by atoms with Crippen LogP contribution in [0.2, 0.25) is 0 Å². The van der Waals surface area contributed by atoms with Crippen LogP contribution in [0.4, 0.5) is 5.69 Å². The molecular weight excluding hydrogens is 294 g/mol. The van der Waals surface area contributed by atoms with Crippen molar-refractivity contribution < 1.29 is 0 Å². The fraction of sp³-hybridized carbons (Fsp3) is 0.154. The van der Waals surface area contributed by atoms with Gasteiger partial charge in [0.05, 0.1) is 11.0 Å². The van der Waals surface area contributed by atoms with Crippen molar-refractivity contribution in [2.75, 3.05) is 19.0 Å². The number of H-pyrrole nitrogens is 1. The Morgan fingerprint density at radius 1 is 1.22 bits per heavy atom. The number of hydrogen-bond acceptors (Lipinski definition) is 2. The van der Waals surface area contributed by atoms with Gasteiger partial charge < -0.3 is 14.3 Å². The Morgan fingerprint density at radius 3 is 2.72 bits per heavy atom. The lowest BCUT2D eigenvalue weighted by atomic mass is 10.2. The maximum atomic E-state index is 11.9. The lowest BCUT2D eigenvalue weighted by Crippen LogP contribution is -2.11. The highest BCUT2D eigenvalue weighted by atomic mass is 79.9. The van der Waals surface area contributed by atoms with E-state index in [1.54, 1.807) is 0 Å².